The van der Waals surface area contributed by atoms with Crippen LogP contribution in [0.2, 0.25) is 5.02 Å². The minimum absolute atomic E-state index is 0.173. The molecule has 32 heavy (non-hydrogen) atoms. The fourth-order valence-electron chi connectivity index (χ4n) is 3.80. The predicted octanol–water partition coefficient (Wildman–Crippen LogP) is 3.24. The summed E-state index contributed by atoms with van der Waals surface area (Å²) in [6.45, 7) is 1.98. The third-order valence-corrected chi connectivity index (χ3v) is 5.67. The molecule has 1 aliphatic heterocycles. The van der Waals surface area contributed by atoms with Gasteiger partial charge in [0.15, 0.2) is 0 Å². The lowest BCUT2D eigenvalue weighted by Crippen LogP contribution is -2.30. The monoisotopic (exact) mass is 445 g/mol. The van der Waals surface area contributed by atoms with E-state index in [1.165, 1.54) is 9.58 Å². The predicted molar refractivity (Wildman–Crippen MR) is 118 cm³/mol. The lowest BCUT2D eigenvalue weighted by Gasteiger charge is -2.17. The number of amides is 2. The first-order valence-corrected chi connectivity index (χ1v) is 10.2. The Morgan fingerprint density at radius 3 is 2.12 bits per heavy atom. The van der Waals surface area contributed by atoms with Gasteiger partial charge in [0.05, 0.1) is 34.1 Å². The van der Waals surface area contributed by atoms with Gasteiger partial charge in [0, 0.05) is 0 Å². The van der Waals surface area contributed by atoms with E-state index in [4.69, 9.17) is 11.6 Å². The molecule has 0 radical (unpaired) electrons. The molecule has 1 aromatic heterocycles. The van der Waals surface area contributed by atoms with Crippen LogP contribution in [0.1, 0.15) is 31.8 Å². The van der Waals surface area contributed by atoms with Crippen molar-refractivity contribution in [2.24, 2.45) is 0 Å². The second-order valence-electron chi connectivity index (χ2n) is 7.39. The first-order chi connectivity index (χ1) is 15.5. The van der Waals surface area contributed by atoms with Gasteiger partial charge in [-0.15, -0.1) is 0 Å². The highest BCUT2D eigenvalue weighted by molar-refractivity contribution is 6.34. The summed E-state index contributed by atoms with van der Waals surface area (Å²) in [6, 6.07) is 18.9. The molecule has 5 rings (SSSR count). The summed E-state index contributed by atoms with van der Waals surface area (Å²) in [5.41, 5.74) is 2.81. The molecule has 0 atom stereocenters. The first-order valence-electron chi connectivity index (χ1n) is 9.81. The van der Waals surface area contributed by atoms with Crippen LogP contribution in [0.5, 0.6) is 0 Å². The van der Waals surface area contributed by atoms with Crippen LogP contribution >= 0.6 is 11.6 Å². The van der Waals surface area contributed by atoms with Crippen LogP contribution in [0.3, 0.4) is 0 Å². The Balaban J connectivity index is 1.43. The quantitative estimate of drug-likeness (QED) is 0.450. The highest BCUT2D eigenvalue weighted by Gasteiger charge is 2.36. The summed E-state index contributed by atoms with van der Waals surface area (Å²) >= 11 is 6.16. The normalized spacial score (nSPS) is 13.0. The largest absolute Gasteiger partial charge is 0.368 e. The molecule has 4 aromatic rings. The molecular formula is C23H16ClN5O3. The number of tetrazole rings is 1. The zero-order valence-electron chi connectivity index (χ0n) is 16.9. The number of hydrogen-bond acceptors (Lipinski definition) is 5. The van der Waals surface area contributed by atoms with Gasteiger partial charge in [-0.3, -0.25) is 9.59 Å². The standard InChI is InChI=1S/C23H16ClN5O3/c1-14-12-15(13-27-23(32)29(26-25-27)20-9-5-4-8-18(20)24)10-11-19(14)28-21(30)16-6-2-3-7-17(16)22(28)31/h2-12H,13H2,1H3. The number of halogens is 1. The van der Waals surface area contributed by atoms with Crippen molar-refractivity contribution in [3.8, 4) is 5.69 Å². The Bertz CT molecular complexity index is 1420. The van der Waals surface area contributed by atoms with E-state index in [-0.39, 0.29) is 18.4 Å². The van der Waals surface area contributed by atoms with Crippen molar-refractivity contribution in [1.29, 1.82) is 0 Å². The first kappa shape index (κ1) is 19.9. The molecule has 2 amide bonds. The highest BCUT2D eigenvalue weighted by atomic mass is 35.5. The molecule has 0 saturated heterocycles. The molecule has 0 N–H and O–H groups in total. The van der Waals surface area contributed by atoms with E-state index in [1.54, 1.807) is 60.7 Å². The van der Waals surface area contributed by atoms with E-state index in [1.807, 2.05) is 13.0 Å². The van der Waals surface area contributed by atoms with Gasteiger partial charge >= 0.3 is 5.69 Å². The van der Waals surface area contributed by atoms with Crippen molar-refractivity contribution < 1.29 is 9.59 Å². The maximum atomic E-state index is 12.8. The van der Waals surface area contributed by atoms with E-state index >= 15 is 0 Å². The Morgan fingerprint density at radius 1 is 0.812 bits per heavy atom. The number of nitrogens with zero attached hydrogens (tertiary/aromatic N) is 5. The fourth-order valence-corrected chi connectivity index (χ4v) is 4.01. The smallest absolute Gasteiger partial charge is 0.268 e. The average Bonchev–Trinajstić information content (AvgIpc) is 3.26. The summed E-state index contributed by atoms with van der Waals surface area (Å²) < 4.78 is 2.36. The summed E-state index contributed by atoms with van der Waals surface area (Å²) in [6.07, 6.45) is 0. The Hall–Kier alpha value is -4.04. The lowest BCUT2D eigenvalue weighted by atomic mass is 10.1. The van der Waals surface area contributed by atoms with E-state index < -0.39 is 5.69 Å². The Morgan fingerprint density at radius 2 is 1.47 bits per heavy atom. The third kappa shape index (κ3) is 3.12. The second-order valence-corrected chi connectivity index (χ2v) is 7.80. The zero-order chi connectivity index (χ0) is 22.4. The Kier molecular flexibility index (Phi) is 4.71. The molecule has 9 heteroatoms. The summed E-state index contributed by atoms with van der Waals surface area (Å²) in [5.74, 6) is -0.694. The van der Waals surface area contributed by atoms with Crippen LogP contribution in [0, 0.1) is 6.92 Å². The number of para-hydroxylation sites is 1. The zero-order valence-corrected chi connectivity index (χ0v) is 17.7. The van der Waals surface area contributed by atoms with Gasteiger partial charge < -0.3 is 0 Å². The minimum Gasteiger partial charge on any atom is -0.268 e. The lowest BCUT2D eigenvalue weighted by molar-refractivity contribution is 0.0926. The van der Waals surface area contributed by atoms with Gasteiger partial charge in [0.25, 0.3) is 11.8 Å². The van der Waals surface area contributed by atoms with Crippen LogP contribution in [0.25, 0.3) is 5.69 Å². The molecule has 158 valence electrons. The van der Waals surface area contributed by atoms with Crippen molar-refractivity contribution in [2.75, 3.05) is 4.90 Å². The summed E-state index contributed by atoms with van der Waals surface area (Å²) in [7, 11) is 0. The SMILES string of the molecule is Cc1cc(Cn2nnn(-c3ccccc3Cl)c2=O)ccc1N1C(=O)c2ccccc2C1=O. The van der Waals surface area contributed by atoms with Crippen LogP contribution < -0.4 is 10.6 Å². The molecule has 3 aromatic carbocycles. The number of anilines is 1. The van der Waals surface area contributed by atoms with E-state index in [2.05, 4.69) is 10.4 Å². The summed E-state index contributed by atoms with van der Waals surface area (Å²) in [5, 5.41) is 8.26. The topological polar surface area (TPSA) is 90.1 Å². The molecular weight excluding hydrogens is 430 g/mol. The minimum atomic E-state index is -0.430. The van der Waals surface area contributed by atoms with Gasteiger partial charge in [-0.1, -0.05) is 48.0 Å². The maximum absolute atomic E-state index is 12.8. The van der Waals surface area contributed by atoms with Crippen LogP contribution in [-0.4, -0.2) is 31.6 Å². The highest BCUT2D eigenvalue weighted by Crippen LogP contribution is 2.31. The summed E-state index contributed by atoms with van der Waals surface area (Å²) in [4.78, 5) is 39.5. The van der Waals surface area contributed by atoms with Crippen LogP contribution in [0.15, 0.2) is 71.5 Å². The molecule has 0 unspecified atom stereocenters. The number of aryl methyl sites for hydroxylation is 1. The van der Waals surface area contributed by atoms with Gasteiger partial charge in [0.2, 0.25) is 0 Å². The molecule has 8 nitrogen and oxygen atoms in total. The van der Waals surface area contributed by atoms with E-state index in [0.717, 1.165) is 15.8 Å². The van der Waals surface area contributed by atoms with Crippen LogP contribution in [-0.2, 0) is 6.54 Å². The number of rotatable bonds is 4. The third-order valence-electron chi connectivity index (χ3n) is 5.35. The molecule has 0 spiro atoms. The van der Waals surface area contributed by atoms with Crippen molar-refractivity contribution in [1.82, 2.24) is 19.8 Å². The van der Waals surface area contributed by atoms with Gasteiger partial charge in [0.1, 0.15) is 0 Å². The van der Waals surface area contributed by atoms with Crippen LogP contribution in [0.4, 0.5) is 5.69 Å². The number of hydrogen-bond donors (Lipinski definition) is 0. The molecule has 0 bridgehead atoms. The number of fused-ring (bicyclic) bond motifs is 1. The number of carbonyl (C=O) groups excluding carboxylic acids is 2. The Labute approximate surface area is 187 Å². The number of aromatic nitrogens is 4. The van der Waals surface area contributed by atoms with Crippen molar-refractivity contribution in [3.05, 3.63) is 104 Å². The van der Waals surface area contributed by atoms with E-state index in [9.17, 15) is 14.4 Å². The average molecular weight is 446 g/mol. The number of carbonyl (C=O) groups is 2. The number of imide groups is 1. The molecule has 2 heterocycles. The molecule has 0 fully saturated rings. The van der Waals surface area contributed by atoms with Crippen molar-refractivity contribution >= 4 is 29.1 Å². The van der Waals surface area contributed by atoms with Gasteiger partial charge in [-0.05, 0) is 58.8 Å². The molecule has 1 aliphatic rings. The molecule has 0 aliphatic carbocycles. The second kappa shape index (κ2) is 7.58. The van der Waals surface area contributed by atoms with Gasteiger partial charge in [-0.25, -0.2) is 9.69 Å². The maximum Gasteiger partial charge on any atom is 0.368 e. The van der Waals surface area contributed by atoms with Crippen molar-refractivity contribution in [3.63, 3.8) is 0 Å². The molecule has 0 saturated carbocycles. The van der Waals surface area contributed by atoms with E-state index in [0.29, 0.717) is 27.5 Å². The van der Waals surface area contributed by atoms with Crippen molar-refractivity contribution in [2.45, 2.75) is 13.5 Å². The van der Waals surface area contributed by atoms with Gasteiger partial charge in [-0.2, -0.15) is 9.36 Å². The fraction of sp³-hybridized carbons (Fsp3) is 0.0870. The number of benzene rings is 3.